The highest BCUT2D eigenvalue weighted by atomic mass is 15.0. The van der Waals surface area contributed by atoms with Gasteiger partial charge in [-0.25, -0.2) is 0 Å². The van der Waals surface area contributed by atoms with Crippen LogP contribution in [0.15, 0.2) is 0 Å². The van der Waals surface area contributed by atoms with E-state index in [9.17, 15) is 0 Å². The van der Waals surface area contributed by atoms with Gasteiger partial charge in [0.25, 0.3) is 0 Å². The van der Waals surface area contributed by atoms with E-state index in [1.807, 2.05) is 0 Å². The molecule has 11 heavy (non-hydrogen) atoms. The average molecular weight is 156 g/mol. The molecule has 0 aromatic carbocycles. The Morgan fingerprint density at radius 1 is 1.27 bits per heavy atom. The summed E-state index contributed by atoms with van der Waals surface area (Å²) < 4.78 is 0. The van der Waals surface area contributed by atoms with Crippen LogP contribution < -0.4 is 10.6 Å². The summed E-state index contributed by atoms with van der Waals surface area (Å²) in [5.41, 5.74) is 0.335. The largest absolute Gasteiger partial charge is 0.315 e. The van der Waals surface area contributed by atoms with Crippen LogP contribution in [0.1, 0.15) is 27.2 Å². The van der Waals surface area contributed by atoms with Gasteiger partial charge in [-0.15, -0.1) is 0 Å². The van der Waals surface area contributed by atoms with Crippen LogP contribution in [0.25, 0.3) is 0 Å². The highest BCUT2D eigenvalue weighted by Crippen LogP contribution is 2.16. The van der Waals surface area contributed by atoms with Gasteiger partial charge in [-0.05, 0) is 32.7 Å². The molecule has 1 atom stereocenters. The van der Waals surface area contributed by atoms with Gasteiger partial charge in [0.15, 0.2) is 0 Å². The zero-order chi connectivity index (χ0) is 8.32. The van der Waals surface area contributed by atoms with Gasteiger partial charge in [0.1, 0.15) is 0 Å². The molecular weight excluding hydrogens is 136 g/mol. The summed E-state index contributed by atoms with van der Waals surface area (Å²) in [4.78, 5) is 0. The molecule has 1 fully saturated rings. The molecule has 2 heteroatoms. The first-order valence-electron chi connectivity index (χ1n) is 4.56. The van der Waals surface area contributed by atoms with E-state index in [-0.39, 0.29) is 0 Å². The Bertz CT molecular complexity index is 121. The zero-order valence-electron chi connectivity index (χ0n) is 7.91. The van der Waals surface area contributed by atoms with E-state index in [1.165, 1.54) is 13.0 Å². The fourth-order valence-corrected chi connectivity index (χ4v) is 1.85. The maximum atomic E-state index is 3.53. The SMILES string of the molecule is CC1CNCCNC(C)(C)C1. The first-order chi connectivity index (χ1) is 5.10. The minimum atomic E-state index is 0.335. The molecule has 0 aromatic heterocycles. The smallest absolute Gasteiger partial charge is 0.0128 e. The molecule has 0 bridgehead atoms. The Morgan fingerprint density at radius 2 is 2.00 bits per heavy atom. The zero-order valence-corrected chi connectivity index (χ0v) is 7.91. The molecule has 2 nitrogen and oxygen atoms in total. The molecule has 0 saturated carbocycles. The van der Waals surface area contributed by atoms with Gasteiger partial charge in [0.2, 0.25) is 0 Å². The van der Waals surface area contributed by atoms with Crippen molar-refractivity contribution in [3.63, 3.8) is 0 Å². The monoisotopic (exact) mass is 156 g/mol. The quantitative estimate of drug-likeness (QED) is 0.546. The topological polar surface area (TPSA) is 24.1 Å². The van der Waals surface area contributed by atoms with Crippen molar-refractivity contribution in [3.05, 3.63) is 0 Å². The molecule has 66 valence electrons. The standard InChI is InChI=1S/C9H20N2/c1-8-6-9(2,3)11-5-4-10-7-8/h8,10-11H,4-7H2,1-3H3. The van der Waals surface area contributed by atoms with Crippen LogP contribution in [0, 0.1) is 5.92 Å². The molecule has 0 aliphatic carbocycles. The van der Waals surface area contributed by atoms with Crippen molar-refractivity contribution in [3.8, 4) is 0 Å². The van der Waals surface area contributed by atoms with Crippen molar-refractivity contribution in [2.24, 2.45) is 5.92 Å². The van der Waals surface area contributed by atoms with Crippen LogP contribution in [0.5, 0.6) is 0 Å². The van der Waals surface area contributed by atoms with Crippen LogP contribution >= 0.6 is 0 Å². The molecule has 1 heterocycles. The van der Waals surface area contributed by atoms with Gasteiger partial charge in [0.05, 0.1) is 0 Å². The molecule has 1 rings (SSSR count). The average Bonchev–Trinajstić information content (AvgIpc) is 1.82. The van der Waals surface area contributed by atoms with E-state index in [1.54, 1.807) is 0 Å². The molecule has 0 spiro atoms. The third-order valence-electron chi connectivity index (χ3n) is 2.26. The Balaban J connectivity index is 2.42. The Labute approximate surface area is 69.8 Å². The van der Waals surface area contributed by atoms with E-state index in [0.717, 1.165) is 19.0 Å². The van der Waals surface area contributed by atoms with Crippen molar-refractivity contribution in [2.45, 2.75) is 32.7 Å². The summed E-state index contributed by atoms with van der Waals surface area (Å²) in [6.45, 7) is 10.3. The molecule has 0 radical (unpaired) electrons. The molecule has 1 saturated heterocycles. The second-order valence-corrected chi connectivity index (χ2v) is 4.32. The van der Waals surface area contributed by atoms with Crippen LogP contribution in [0.4, 0.5) is 0 Å². The van der Waals surface area contributed by atoms with Gasteiger partial charge in [0, 0.05) is 18.6 Å². The Morgan fingerprint density at radius 3 is 2.73 bits per heavy atom. The molecule has 1 aliphatic rings. The van der Waals surface area contributed by atoms with Gasteiger partial charge in [-0.1, -0.05) is 6.92 Å². The first kappa shape index (κ1) is 9.01. The number of rotatable bonds is 0. The minimum absolute atomic E-state index is 0.335. The summed E-state index contributed by atoms with van der Waals surface area (Å²) in [6.07, 6.45) is 1.26. The summed E-state index contributed by atoms with van der Waals surface area (Å²) in [5.74, 6) is 0.790. The van der Waals surface area contributed by atoms with Crippen molar-refractivity contribution in [2.75, 3.05) is 19.6 Å². The highest BCUT2D eigenvalue weighted by Gasteiger charge is 2.21. The van der Waals surface area contributed by atoms with Crippen LogP contribution in [0.2, 0.25) is 0 Å². The van der Waals surface area contributed by atoms with Gasteiger partial charge >= 0.3 is 0 Å². The lowest BCUT2D eigenvalue weighted by molar-refractivity contribution is 0.280. The third kappa shape index (κ3) is 3.21. The second-order valence-electron chi connectivity index (χ2n) is 4.32. The van der Waals surface area contributed by atoms with E-state index < -0.39 is 0 Å². The summed E-state index contributed by atoms with van der Waals surface area (Å²) in [7, 11) is 0. The molecular formula is C9H20N2. The maximum absolute atomic E-state index is 3.53. The van der Waals surface area contributed by atoms with E-state index in [4.69, 9.17) is 0 Å². The summed E-state index contributed by atoms with van der Waals surface area (Å²) in [5, 5.41) is 6.94. The molecule has 2 N–H and O–H groups in total. The van der Waals surface area contributed by atoms with Crippen LogP contribution in [-0.2, 0) is 0 Å². The van der Waals surface area contributed by atoms with Gasteiger partial charge in [-0.3, -0.25) is 0 Å². The predicted molar refractivity (Wildman–Crippen MR) is 48.7 cm³/mol. The van der Waals surface area contributed by atoms with Crippen molar-refractivity contribution >= 4 is 0 Å². The minimum Gasteiger partial charge on any atom is -0.315 e. The van der Waals surface area contributed by atoms with E-state index in [2.05, 4.69) is 31.4 Å². The highest BCUT2D eigenvalue weighted by molar-refractivity contribution is 4.82. The lowest BCUT2D eigenvalue weighted by Gasteiger charge is -2.32. The van der Waals surface area contributed by atoms with Crippen LogP contribution in [0.3, 0.4) is 0 Å². The molecule has 0 amide bonds. The van der Waals surface area contributed by atoms with Crippen molar-refractivity contribution in [1.82, 2.24) is 10.6 Å². The first-order valence-corrected chi connectivity index (χ1v) is 4.56. The predicted octanol–water partition coefficient (Wildman–Crippen LogP) is 0.984. The third-order valence-corrected chi connectivity index (χ3v) is 2.26. The van der Waals surface area contributed by atoms with Crippen molar-refractivity contribution in [1.29, 1.82) is 0 Å². The van der Waals surface area contributed by atoms with Gasteiger partial charge in [-0.2, -0.15) is 0 Å². The molecule has 1 unspecified atom stereocenters. The molecule has 0 aromatic rings. The van der Waals surface area contributed by atoms with Crippen LogP contribution in [-0.4, -0.2) is 25.2 Å². The van der Waals surface area contributed by atoms with E-state index >= 15 is 0 Å². The molecule has 1 aliphatic heterocycles. The Kier molecular flexibility index (Phi) is 2.90. The summed E-state index contributed by atoms with van der Waals surface area (Å²) >= 11 is 0. The van der Waals surface area contributed by atoms with Crippen molar-refractivity contribution < 1.29 is 0 Å². The lowest BCUT2D eigenvalue weighted by Crippen LogP contribution is -2.47. The number of nitrogens with one attached hydrogen (secondary N) is 2. The number of hydrogen-bond donors (Lipinski definition) is 2. The normalized spacial score (nSPS) is 32.5. The Hall–Kier alpha value is -0.0800. The maximum Gasteiger partial charge on any atom is 0.0128 e. The lowest BCUT2D eigenvalue weighted by atomic mass is 9.91. The second kappa shape index (κ2) is 3.55. The fraction of sp³-hybridized carbons (Fsp3) is 1.00. The fourth-order valence-electron chi connectivity index (χ4n) is 1.85. The van der Waals surface area contributed by atoms with Gasteiger partial charge < -0.3 is 10.6 Å². The van der Waals surface area contributed by atoms with E-state index in [0.29, 0.717) is 5.54 Å². The summed E-state index contributed by atoms with van der Waals surface area (Å²) in [6, 6.07) is 0. The number of hydrogen-bond acceptors (Lipinski definition) is 2.